The molecule has 2 heterocycles. The van der Waals surface area contributed by atoms with Crippen molar-refractivity contribution in [2.45, 2.75) is 25.4 Å². The lowest BCUT2D eigenvalue weighted by Gasteiger charge is -2.35. The SMILES string of the molecule is COc1ccc2nccc([C@H](F)CC[C@@H]3CCN(CC#Cc4ccc(Cl)c(Cl)c4)C[C@@H]3C(=O)O)c2c1. The Bertz CT molecular complexity index is 1310. The number of pyridine rings is 1. The van der Waals surface area contributed by atoms with Crippen LogP contribution in [0.2, 0.25) is 10.0 Å². The van der Waals surface area contributed by atoms with Crippen LogP contribution in [0.15, 0.2) is 48.7 Å². The lowest BCUT2D eigenvalue weighted by atomic mass is 9.81. The Hall–Kier alpha value is -2.85. The third-order valence-corrected chi connectivity index (χ3v) is 7.46. The van der Waals surface area contributed by atoms with E-state index in [0.717, 1.165) is 17.5 Å². The Morgan fingerprint density at radius 1 is 1.25 bits per heavy atom. The molecule has 3 atom stereocenters. The second kappa shape index (κ2) is 11.9. The topological polar surface area (TPSA) is 62.7 Å². The molecule has 0 amide bonds. The van der Waals surface area contributed by atoms with Gasteiger partial charge in [0, 0.05) is 23.7 Å². The summed E-state index contributed by atoms with van der Waals surface area (Å²) in [5, 5.41) is 11.5. The predicted octanol–water partition coefficient (Wildman–Crippen LogP) is 6.42. The number of hydrogen-bond acceptors (Lipinski definition) is 4. The lowest BCUT2D eigenvalue weighted by molar-refractivity contribution is -0.146. The maximum atomic E-state index is 15.4. The van der Waals surface area contributed by atoms with Crippen molar-refractivity contribution in [3.63, 3.8) is 0 Å². The fourth-order valence-electron chi connectivity index (χ4n) is 4.73. The number of methoxy groups -OCH3 is 1. The fourth-order valence-corrected chi connectivity index (χ4v) is 5.02. The average Bonchev–Trinajstić information content (AvgIpc) is 2.88. The summed E-state index contributed by atoms with van der Waals surface area (Å²) in [5.41, 5.74) is 2.01. The molecule has 1 aliphatic rings. The highest BCUT2D eigenvalue weighted by Gasteiger charge is 2.34. The number of benzene rings is 2. The maximum Gasteiger partial charge on any atom is 0.308 e. The largest absolute Gasteiger partial charge is 0.497 e. The number of aromatic nitrogens is 1. The van der Waals surface area contributed by atoms with Crippen molar-refractivity contribution in [1.29, 1.82) is 0 Å². The molecule has 8 heteroatoms. The molecule has 0 saturated carbocycles. The molecule has 1 fully saturated rings. The first-order chi connectivity index (χ1) is 17.4. The number of fused-ring (bicyclic) bond motifs is 1. The maximum absolute atomic E-state index is 15.4. The van der Waals surface area contributed by atoms with Gasteiger partial charge in [-0.3, -0.25) is 14.7 Å². The molecule has 3 aromatic rings. The van der Waals surface area contributed by atoms with Gasteiger partial charge in [0.15, 0.2) is 0 Å². The number of aliphatic carboxylic acids is 1. The molecular formula is C28H27Cl2FN2O3. The van der Waals surface area contributed by atoms with Gasteiger partial charge in [0.1, 0.15) is 11.9 Å². The number of carboxylic acid groups (broad SMARTS) is 1. The molecule has 0 aliphatic carbocycles. The lowest BCUT2D eigenvalue weighted by Crippen LogP contribution is -2.44. The van der Waals surface area contributed by atoms with Crippen LogP contribution < -0.4 is 4.74 Å². The number of carboxylic acids is 1. The van der Waals surface area contributed by atoms with Gasteiger partial charge in [-0.15, -0.1) is 0 Å². The van der Waals surface area contributed by atoms with Gasteiger partial charge in [-0.2, -0.15) is 0 Å². The quantitative estimate of drug-likeness (QED) is 0.358. The molecular weight excluding hydrogens is 502 g/mol. The number of ether oxygens (including phenoxy) is 1. The Morgan fingerprint density at radius 2 is 2.08 bits per heavy atom. The zero-order valence-corrected chi connectivity index (χ0v) is 21.4. The number of likely N-dealkylation sites (tertiary alicyclic amines) is 1. The van der Waals surface area contributed by atoms with Gasteiger partial charge in [0.2, 0.25) is 0 Å². The van der Waals surface area contributed by atoms with Crippen molar-refractivity contribution in [2.24, 2.45) is 11.8 Å². The minimum atomic E-state index is -1.22. The molecule has 0 unspecified atom stereocenters. The third-order valence-electron chi connectivity index (χ3n) is 6.72. The first-order valence-corrected chi connectivity index (χ1v) is 12.6. The van der Waals surface area contributed by atoms with E-state index in [2.05, 4.69) is 16.8 Å². The number of piperidine rings is 1. The summed E-state index contributed by atoms with van der Waals surface area (Å²) < 4.78 is 20.7. The minimum Gasteiger partial charge on any atom is -0.497 e. The van der Waals surface area contributed by atoms with Gasteiger partial charge < -0.3 is 9.84 Å². The zero-order valence-electron chi connectivity index (χ0n) is 19.9. The van der Waals surface area contributed by atoms with Crippen LogP contribution >= 0.6 is 23.2 Å². The summed E-state index contributed by atoms with van der Waals surface area (Å²) in [6.07, 6.45) is 1.82. The fraction of sp³-hybridized carbons (Fsp3) is 0.357. The normalized spacial score (nSPS) is 18.9. The van der Waals surface area contributed by atoms with Crippen LogP contribution in [-0.4, -0.2) is 47.7 Å². The van der Waals surface area contributed by atoms with Crippen molar-refractivity contribution in [1.82, 2.24) is 9.88 Å². The highest BCUT2D eigenvalue weighted by molar-refractivity contribution is 6.42. The van der Waals surface area contributed by atoms with E-state index < -0.39 is 18.1 Å². The summed E-state index contributed by atoms with van der Waals surface area (Å²) in [7, 11) is 1.57. The summed E-state index contributed by atoms with van der Waals surface area (Å²) in [4.78, 5) is 18.4. The number of alkyl halides is 1. The molecule has 0 spiro atoms. The van der Waals surface area contributed by atoms with Crippen LogP contribution in [0.4, 0.5) is 4.39 Å². The first kappa shape index (κ1) is 26.2. The Labute approximate surface area is 220 Å². The van der Waals surface area contributed by atoms with Gasteiger partial charge in [-0.25, -0.2) is 4.39 Å². The molecule has 5 nitrogen and oxygen atoms in total. The molecule has 1 aliphatic heterocycles. The molecule has 188 valence electrons. The van der Waals surface area contributed by atoms with Crippen LogP contribution in [0.25, 0.3) is 10.9 Å². The molecule has 4 rings (SSSR count). The molecule has 1 saturated heterocycles. The van der Waals surface area contributed by atoms with E-state index >= 15 is 4.39 Å². The second-order valence-corrected chi connectivity index (χ2v) is 9.80. The van der Waals surface area contributed by atoms with Crippen LogP contribution in [0.5, 0.6) is 5.75 Å². The Balaban J connectivity index is 1.37. The van der Waals surface area contributed by atoms with Gasteiger partial charge in [0.05, 0.1) is 35.1 Å². The van der Waals surface area contributed by atoms with E-state index in [1.807, 2.05) is 11.0 Å². The van der Waals surface area contributed by atoms with Crippen molar-refractivity contribution < 1.29 is 19.0 Å². The predicted molar refractivity (Wildman–Crippen MR) is 140 cm³/mol. The van der Waals surface area contributed by atoms with Crippen LogP contribution in [0.1, 0.15) is 36.6 Å². The molecule has 1 aromatic heterocycles. The number of halogens is 3. The first-order valence-electron chi connectivity index (χ1n) is 11.8. The number of carbonyl (C=O) groups is 1. The zero-order chi connectivity index (χ0) is 25.7. The summed E-state index contributed by atoms with van der Waals surface area (Å²) in [5.74, 6) is 5.28. The number of rotatable bonds is 7. The van der Waals surface area contributed by atoms with E-state index in [-0.39, 0.29) is 12.3 Å². The van der Waals surface area contributed by atoms with Crippen LogP contribution in [0.3, 0.4) is 0 Å². The monoisotopic (exact) mass is 528 g/mol. The Morgan fingerprint density at radius 3 is 2.83 bits per heavy atom. The molecule has 0 radical (unpaired) electrons. The van der Waals surface area contributed by atoms with Crippen molar-refractivity contribution >= 4 is 40.1 Å². The smallest absolute Gasteiger partial charge is 0.308 e. The highest BCUT2D eigenvalue weighted by atomic mass is 35.5. The van der Waals surface area contributed by atoms with Crippen molar-refractivity contribution in [2.75, 3.05) is 26.7 Å². The van der Waals surface area contributed by atoms with Crippen molar-refractivity contribution in [3.05, 3.63) is 69.8 Å². The molecule has 0 bridgehead atoms. The van der Waals surface area contributed by atoms with E-state index in [9.17, 15) is 9.90 Å². The molecule has 36 heavy (non-hydrogen) atoms. The Kier molecular flexibility index (Phi) is 8.68. The summed E-state index contributed by atoms with van der Waals surface area (Å²) >= 11 is 12.0. The molecule has 2 aromatic carbocycles. The second-order valence-electron chi connectivity index (χ2n) is 8.99. The van der Waals surface area contributed by atoms with Gasteiger partial charge >= 0.3 is 5.97 Å². The van der Waals surface area contributed by atoms with E-state index in [1.165, 1.54) is 0 Å². The van der Waals surface area contributed by atoms with Gasteiger partial charge in [0.25, 0.3) is 0 Å². The van der Waals surface area contributed by atoms with Crippen LogP contribution in [-0.2, 0) is 4.79 Å². The minimum absolute atomic E-state index is 0.0948. The summed E-state index contributed by atoms with van der Waals surface area (Å²) in [6, 6.07) is 12.3. The van der Waals surface area contributed by atoms with E-state index in [4.69, 9.17) is 27.9 Å². The molecule has 1 N–H and O–H groups in total. The highest BCUT2D eigenvalue weighted by Crippen LogP contribution is 2.35. The average molecular weight is 529 g/mol. The standard InChI is InChI=1S/C28H27Cl2FN2O3/c1-36-20-6-9-27-22(16-20)21(10-12-32-27)26(31)8-5-19-11-14-33(17-23(19)28(34)35)13-2-3-18-4-7-24(29)25(30)15-18/h4,6-7,9-10,12,15-16,19,23,26H,5,8,11,13-14,17H2,1H3,(H,34,35)/t19-,23+,26-/m1/s1. The third kappa shape index (κ3) is 6.28. The van der Waals surface area contributed by atoms with Crippen LogP contribution in [0, 0.1) is 23.7 Å². The van der Waals surface area contributed by atoms with E-state index in [0.29, 0.717) is 52.8 Å². The number of hydrogen-bond donors (Lipinski definition) is 1. The van der Waals surface area contributed by atoms with Crippen molar-refractivity contribution in [3.8, 4) is 17.6 Å². The van der Waals surface area contributed by atoms with E-state index in [1.54, 1.807) is 49.7 Å². The van der Waals surface area contributed by atoms with Gasteiger partial charge in [-0.05, 0) is 79.8 Å². The number of nitrogens with zero attached hydrogens (tertiary/aromatic N) is 2. The summed E-state index contributed by atoms with van der Waals surface area (Å²) in [6.45, 7) is 1.56. The van der Waals surface area contributed by atoms with Gasteiger partial charge in [-0.1, -0.05) is 35.0 Å².